The molecule has 0 atom stereocenters. The van der Waals surface area contributed by atoms with Crippen molar-refractivity contribution in [2.45, 2.75) is 26.7 Å². The lowest BCUT2D eigenvalue weighted by Crippen LogP contribution is -2.44. The second-order valence-corrected chi connectivity index (χ2v) is 8.41. The van der Waals surface area contributed by atoms with E-state index in [9.17, 15) is 24.5 Å². The lowest BCUT2D eigenvalue weighted by Gasteiger charge is -2.34. The number of nitrogens with one attached hydrogen (secondary N) is 1. The van der Waals surface area contributed by atoms with Crippen LogP contribution in [0.15, 0.2) is 42.5 Å². The monoisotopic (exact) mass is 486 g/mol. The SMILES string of the molecule is CCN(CC)C(=O)C1CCN(C(=O)c2ccccc2NC(=O)c2ccc([N+](=O)[O-])cc2Cl)CC1. The molecule has 0 radical (unpaired) electrons. The number of nitro benzene ring substituents is 1. The highest BCUT2D eigenvalue weighted by molar-refractivity contribution is 6.34. The van der Waals surface area contributed by atoms with Crippen LogP contribution in [0.3, 0.4) is 0 Å². The van der Waals surface area contributed by atoms with Crippen molar-refractivity contribution in [1.29, 1.82) is 0 Å². The van der Waals surface area contributed by atoms with E-state index in [-0.39, 0.29) is 34.0 Å². The number of hydrogen-bond donors (Lipinski definition) is 1. The van der Waals surface area contributed by atoms with Crippen LogP contribution < -0.4 is 5.32 Å². The molecule has 1 N–H and O–H groups in total. The van der Waals surface area contributed by atoms with Crippen LogP contribution in [-0.4, -0.2) is 58.6 Å². The minimum absolute atomic E-state index is 0.0598. The van der Waals surface area contributed by atoms with E-state index in [1.165, 1.54) is 12.1 Å². The van der Waals surface area contributed by atoms with Gasteiger partial charge in [-0.1, -0.05) is 23.7 Å². The average molecular weight is 487 g/mol. The Labute approximate surface area is 202 Å². The van der Waals surface area contributed by atoms with Crippen molar-refractivity contribution < 1.29 is 19.3 Å². The number of para-hydroxylation sites is 1. The van der Waals surface area contributed by atoms with Crippen LogP contribution in [0.5, 0.6) is 0 Å². The molecule has 0 saturated carbocycles. The average Bonchev–Trinajstić information content (AvgIpc) is 2.84. The van der Waals surface area contributed by atoms with Crippen LogP contribution in [0.2, 0.25) is 5.02 Å². The van der Waals surface area contributed by atoms with Gasteiger partial charge in [0.05, 0.1) is 26.8 Å². The molecule has 1 aliphatic heterocycles. The Morgan fingerprint density at radius 3 is 2.32 bits per heavy atom. The summed E-state index contributed by atoms with van der Waals surface area (Å²) in [5.41, 5.74) is 0.473. The van der Waals surface area contributed by atoms with Gasteiger partial charge in [-0.25, -0.2) is 0 Å². The third-order valence-electron chi connectivity index (χ3n) is 6.02. The lowest BCUT2D eigenvalue weighted by atomic mass is 9.94. The Kier molecular flexibility index (Phi) is 8.22. The quantitative estimate of drug-likeness (QED) is 0.465. The number of nitro groups is 1. The highest BCUT2D eigenvalue weighted by Crippen LogP contribution is 2.26. The van der Waals surface area contributed by atoms with Crippen molar-refractivity contribution in [3.05, 3.63) is 68.7 Å². The van der Waals surface area contributed by atoms with Crippen LogP contribution in [0.4, 0.5) is 11.4 Å². The molecule has 1 aliphatic rings. The fraction of sp³-hybridized carbons (Fsp3) is 0.375. The first-order valence-corrected chi connectivity index (χ1v) is 11.6. The third kappa shape index (κ3) is 5.53. The Bertz CT molecular complexity index is 1090. The van der Waals surface area contributed by atoms with Gasteiger partial charge < -0.3 is 15.1 Å². The molecule has 180 valence electrons. The van der Waals surface area contributed by atoms with E-state index in [4.69, 9.17) is 11.6 Å². The number of hydrogen-bond acceptors (Lipinski definition) is 5. The molecule has 1 fully saturated rings. The minimum Gasteiger partial charge on any atom is -0.343 e. The standard InChI is InChI=1S/C24H27ClN4O5/c1-3-27(4-2)23(31)16-11-13-28(14-12-16)24(32)19-7-5-6-8-21(19)26-22(30)18-10-9-17(29(33)34)15-20(18)25/h5-10,15-16H,3-4,11-14H2,1-2H3,(H,26,30). The predicted molar refractivity (Wildman–Crippen MR) is 129 cm³/mol. The number of non-ortho nitro benzene ring substituents is 1. The summed E-state index contributed by atoms with van der Waals surface area (Å²) in [6.45, 7) is 6.14. The van der Waals surface area contributed by atoms with Crippen molar-refractivity contribution in [2.24, 2.45) is 5.92 Å². The molecule has 0 aliphatic carbocycles. The number of halogens is 1. The first-order valence-electron chi connectivity index (χ1n) is 11.2. The maximum atomic E-state index is 13.2. The van der Waals surface area contributed by atoms with Gasteiger partial charge in [-0.3, -0.25) is 24.5 Å². The zero-order valence-corrected chi connectivity index (χ0v) is 19.9. The topological polar surface area (TPSA) is 113 Å². The molecular weight excluding hydrogens is 460 g/mol. The van der Waals surface area contributed by atoms with Crippen LogP contribution >= 0.6 is 11.6 Å². The van der Waals surface area contributed by atoms with Gasteiger partial charge in [-0.05, 0) is 44.9 Å². The predicted octanol–water partition coefficient (Wildman–Crippen LogP) is 4.22. The molecule has 0 bridgehead atoms. The summed E-state index contributed by atoms with van der Waals surface area (Å²) in [6, 6.07) is 10.2. The summed E-state index contributed by atoms with van der Waals surface area (Å²) in [5.74, 6) is -0.781. The Morgan fingerprint density at radius 2 is 1.74 bits per heavy atom. The number of carbonyl (C=O) groups is 3. The van der Waals surface area contributed by atoms with E-state index >= 15 is 0 Å². The van der Waals surface area contributed by atoms with E-state index in [0.717, 1.165) is 6.07 Å². The molecule has 9 nitrogen and oxygen atoms in total. The van der Waals surface area contributed by atoms with E-state index in [2.05, 4.69) is 5.32 Å². The maximum Gasteiger partial charge on any atom is 0.270 e. The van der Waals surface area contributed by atoms with Crippen molar-refractivity contribution in [3.8, 4) is 0 Å². The molecule has 3 rings (SSSR count). The number of rotatable bonds is 7. The number of likely N-dealkylation sites (tertiary alicyclic amines) is 1. The summed E-state index contributed by atoms with van der Waals surface area (Å²) in [4.78, 5) is 52.4. The smallest absolute Gasteiger partial charge is 0.270 e. The number of carbonyl (C=O) groups excluding carboxylic acids is 3. The van der Waals surface area contributed by atoms with Gasteiger partial charge in [0.15, 0.2) is 0 Å². The number of benzene rings is 2. The molecule has 2 aromatic rings. The normalized spacial score (nSPS) is 13.9. The van der Waals surface area contributed by atoms with Crippen molar-refractivity contribution in [1.82, 2.24) is 9.80 Å². The Balaban J connectivity index is 1.71. The van der Waals surface area contributed by atoms with Gasteiger partial charge in [0.2, 0.25) is 5.91 Å². The first-order chi connectivity index (χ1) is 16.3. The zero-order chi connectivity index (χ0) is 24.8. The highest BCUT2D eigenvalue weighted by Gasteiger charge is 2.30. The van der Waals surface area contributed by atoms with E-state index in [0.29, 0.717) is 50.3 Å². The van der Waals surface area contributed by atoms with Gasteiger partial charge in [0, 0.05) is 44.2 Å². The van der Waals surface area contributed by atoms with Gasteiger partial charge in [-0.2, -0.15) is 0 Å². The van der Waals surface area contributed by atoms with Gasteiger partial charge in [0.25, 0.3) is 17.5 Å². The summed E-state index contributed by atoms with van der Waals surface area (Å²) in [6.07, 6.45) is 1.18. The minimum atomic E-state index is -0.597. The lowest BCUT2D eigenvalue weighted by molar-refractivity contribution is -0.384. The van der Waals surface area contributed by atoms with Crippen LogP contribution in [0.1, 0.15) is 47.4 Å². The van der Waals surface area contributed by atoms with E-state index < -0.39 is 10.8 Å². The Morgan fingerprint density at radius 1 is 1.09 bits per heavy atom. The molecular formula is C24H27ClN4O5. The van der Waals surface area contributed by atoms with Crippen molar-refractivity contribution in [3.63, 3.8) is 0 Å². The molecule has 2 aromatic carbocycles. The molecule has 0 unspecified atom stereocenters. The molecule has 1 heterocycles. The fourth-order valence-electron chi connectivity index (χ4n) is 4.06. The van der Waals surface area contributed by atoms with Crippen LogP contribution in [0, 0.1) is 16.0 Å². The van der Waals surface area contributed by atoms with E-state index in [1.54, 1.807) is 29.2 Å². The zero-order valence-electron chi connectivity index (χ0n) is 19.1. The van der Waals surface area contributed by atoms with Crippen LogP contribution in [-0.2, 0) is 4.79 Å². The summed E-state index contributed by atoms with van der Waals surface area (Å²) in [7, 11) is 0. The first kappa shape index (κ1) is 25.2. The number of amides is 3. The molecule has 3 amide bonds. The molecule has 34 heavy (non-hydrogen) atoms. The maximum absolute atomic E-state index is 13.2. The van der Waals surface area contributed by atoms with Crippen molar-refractivity contribution in [2.75, 3.05) is 31.5 Å². The number of nitrogens with zero attached hydrogens (tertiary/aromatic N) is 3. The van der Waals surface area contributed by atoms with Gasteiger partial charge in [-0.15, -0.1) is 0 Å². The number of anilines is 1. The second kappa shape index (κ2) is 11.1. The fourth-order valence-corrected chi connectivity index (χ4v) is 4.32. The van der Waals surface area contributed by atoms with Gasteiger partial charge >= 0.3 is 0 Å². The largest absolute Gasteiger partial charge is 0.343 e. The van der Waals surface area contributed by atoms with E-state index in [1.807, 2.05) is 18.7 Å². The molecule has 10 heteroatoms. The highest BCUT2D eigenvalue weighted by atomic mass is 35.5. The summed E-state index contributed by atoms with van der Waals surface area (Å²) < 4.78 is 0. The molecule has 0 aromatic heterocycles. The second-order valence-electron chi connectivity index (χ2n) is 8.00. The van der Waals surface area contributed by atoms with Crippen molar-refractivity contribution >= 4 is 40.7 Å². The molecule has 0 spiro atoms. The Hall–Kier alpha value is -3.46. The molecule has 1 saturated heterocycles. The van der Waals surface area contributed by atoms with Crippen LogP contribution in [0.25, 0.3) is 0 Å². The summed E-state index contributed by atoms with van der Waals surface area (Å²) >= 11 is 6.07. The third-order valence-corrected chi connectivity index (χ3v) is 6.33. The van der Waals surface area contributed by atoms with Gasteiger partial charge in [0.1, 0.15) is 0 Å². The summed E-state index contributed by atoms with van der Waals surface area (Å²) in [5, 5.41) is 13.5. The number of piperidine rings is 1.